The molecule has 0 bridgehead atoms. The van der Waals surface area contributed by atoms with Crippen LogP contribution in [-0.4, -0.2) is 5.91 Å². The number of nitrogens with one attached hydrogen (secondary N) is 3. The molecule has 5 nitrogen and oxygen atoms in total. The molecule has 0 aliphatic heterocycles. The van der Waals surface area contributed by atoms with Gasteiger partial charge in [-0.3, -0.25) is 4.79 Å². The van der Waals surface area contributed by atoms with Crippen molar-refractivity contribution in [3.8, 4) is 6.07 Å². The fourth-order valence-corrected chi connectivity index (χ4v) is 3.50. The minimum Gasteiger partial charge on any atom is -0.360 e. The van der Waals surface area contributed by atoms with E-state index in [0.717, 1.165) is 28.2 Å². The standard InChI is InChI=1S/C29H24N4O/c30-20-24(21-31-25-16-18-27(19-17-25)32-26-14-8-3-9-15-26)29(34)33-28(22-10-4-1-5-11-22)23-12-6-2-7-13-23/h1-19,21,28,31-32H,(H,33,34)/b24-21-. The van der Waals surface area contributed by atoms with Gasteiger partial charge in [0.2, 0.25) is 0 Å². The molecule has 0 unspecified atom stereocenters. The first-order valence-electron chi connectivity index (χ1n) is 10.9. The number of nitriles is 1. The average molecular weight is 445 g/mol. The fourth-order valence-electron chi connectivity index (χ4n) is 3.50. The second-order valence-electron chi connectivity index (χ2n) is 7.61. The van der Waals surface area contributed by atoms with Crippen molar-refractivity contribution in [2.75, 3.05) is 10.6 Å². The Morgan fingerprint density at radius 2 is 1.15 bits per heavy atom. The topological polar surface area (TPSA) is 77.0 Å². The molecule has 0 radical (unpaired) electrons. The number of benzene rings is 4. The molecule has 34 heavy (non-hydrogen) atoms. The summed E-state index contributed by atoms with van der Waals surface area (Å²) in [5.74, 6) is -0.449. The summed E-state index contributed by atoms with van der Waals surface area (Å²) >= 11 is 0. The molecule has 166 valence electrons. The molecule has 0 saturated carbocycles. The van der Waals surface area contributed by atoms with Crippen LogP contribution in [0.25, 0.3) is 0 Å². The summed E-state index contributed by atoms with van der Waals surface area (Å²) in [7, 11) is 0. The summed E-state index contributed by atoms with van der Waals surface area (Å²) < 4.78 is 0. The van der Waals surface area contributed by atoms with Gasteiger partial charge in [-0.05, 0) is 47.5 Å². The molecule has 0 atom stereocenters. The maximum Gasteiger partial charge on any atom is 0.264 e. The van der Waals surface area contributed by atoms with Gasteiger partial charge in [-0.25, -0.2) is 0 Å². The molecule has 5 heteroatoms. The van der Waals surface area contributed by atoms with Crippen molar-refractivity contribution in [3.05, 3.63) is 138 Å². The maximum absolute atomic E-state index is 13.0. The lowest BCUT2D eigenvalue weighted by Gasteiger charge is -2.19. The van der Waals surface area contributed by atoms with Crippen molar-refractivity contribution in [1.82, 2.24) is 5.32 Å². The maximum atomic E-state index is 13.0. The SMILES string of the molecule is N#C/C(=C/Nc1ccc(Nc2ccccc2)cc1)C(=O)NC(c1ccccc1)c1ccccc1. The van der Waals surface area contributed by atoms with Crippen molar-refractivity contribution < 1.29 is 4.79 Å². The summed E-state index contributed by atoms with van der Waals surface area (Å²) in [6.07, 6.45) is 1.43. The van der Waals surface area contributed by atoms with Crippen LogP contribution in [-0.2, 0) is 4.79 Å². The first kappa shape index (κ1) is 22.4. The molecule has 1 amide bonds. The number of amides is 1. The molecular weight excluding hydrogens is 420 g/mol. The van der Waals surface area contributed by atoms with Crippen molar-refractivity contribution in [2.24, 2.45) is 0 Å². The van der Waals surface area contributed by atoms with E-state index in [9.17, 15) is 10.1 Å². The lowest BCUT2D eigenvalue weighted by molar-refractivity contribution is -0.117. The Balaban J connectivity index is 1.45. The number of para-hydroxylation sites is 1. The fraction of sp³-hybridized carbons (Fsp3) is 0.0345. The summed E-state index contributed by atoms with van der Waals surface area (Å²) in [6, 6.07) is 38.5. The van der Waals surface area contributed by atoms with Crippen LogP contribution in [0.15, 0.2) is 127 Å². The monoisotopic (exact) mass is 444 g/mol. The molecule has 0 saturated heterocycles. The third kappa shape index (κ3) is 5.90. The predicted octanol–water partition coefficient (Wildman–Crippen LogP) is 6.16. The van der Waals surface area contributed by atoms with Crippen LogP contribution < -0.4 is 16.0 Å². The van der Waals surface area contributed by atoms with Gasteiger partial charge in [0.1, 0.15) is 11.6 Å². The molecule has 0 aliphatic carbocycles. The summed E-state index contributed by atoms with van der Waals surface area (Å²) in [4.78, 5) is 13.0. The Kier molecular flexibility index (Phi) is 7.35. The van der Waals surface area contributed by atoms with Crippen LogP contribution in [0.2, 0.25) is 0 Å². The highest BCUT2D eigenvalue weighted by Gasteiger charge is 2.19. The highest BCUT2D eigenvalue weighted by atomic mass is 16.1. The number of anilines is 3. The minimum absolute atomic E-state index is 0.0108. The Labute approximate surface area is 199 Å². The van der Waals surface area contributed by atoms with Crippen LogP contribution in [0, 0.1) is 11.3 Å². The number of nitrogens with zero attached hydrogens (tertiary/aromatic N) is 1. The third-order valence-corrected chi connectivity index (χ3v) is 5.24. The second-order valence-corrected chi connectivity index (χ2v) is 7.61. The van der Waals surface area contributed by atoms with Crippen molar-refractivity contribution >= 4 is 23.0 Å². The van der Waals surface area contributed by atoms with E-state index in [2.05, 4.69) is 16.0 Å². The quantitative estimate of drug-likeness (QED) is 0.225. The predicted molar refractivity (Wildman–Crippen MR) is 136 cm³/mol. The van der Waals surface area contributed by atoms with E-state index >= 15 is 0 Å². The van der Waals surface area contributed by atoms with Crippen LogP contribution >= 0.6 is 0 Å². The van der Waals surface area contributed by atoms with Gasteiger partial charge < -0.3 is 16.0 Å². The Bertz CT molecular complexity index is 1240. The number of carbonyl (C=O) groups is 1. The van der Waals surface area contributed by atoms with E-state index in [1.54, 1.807) is 0 Å². The summed E-state index contributed by atoms with van der Waals surface area (Å²) in [5.41, 5.74) is 4.57. The number of hydrogen-bond acceptors (Lipinski definition) is 4. The zero-order valence-corrected chi connectivity index (χ0v) is 18.5. The zero-order valence-electron chi connectivity index (χ0n) is 18.5. The number of rotatable bonds is 8. The van der Waals surface area contributed by atoms with Gasteiger partial charge >= 0.3 is 0 Å². The summed E-state index contributed by atoms with van der Waals surface area (Å²) in [5, 5.41) is 19.0. The van der Waals surface area contributed by atoms with Gasteiger partial charge in [0.15, 0.2) is 0 Å². The average Bonchev–Trinajstić information content (AvgIpc) is 2.90. The highest BCUT2D eigenvalue weighted by molar-refractivity contribution is 5.98. The molecule has 4 aromatic carbocycles. The molecule has 4 rings (SSSR count). The van der Waals surface area contributed by atoms with Gasteiger partial charge in [-0.1, -0.05) is 78.9 Å². The smallest absolute Gasteiger partial charge is 0.264 e. The van der Waals surface area contributed by atoms with E-state index in [4.69, 9.17) is 0 Å². The van der Waals surface area contributed by atoms with E-state index in [0.29, 0.717) is 0 Å². The molecule has 0 aliphatic rings. The van der Waals surface area contributed by atoms with Crippen LogP contribution in [0.1, 0.15) is 17.2 Å². The van der Waals surface area contributed by atoms with Crippen LogP contribution in [0.5, 0.6) is 0 Å². The molecule has 3 N–H and O–H groups in total. The minimum atomic E-state index is -0.449. The van der Waals surface area contributed by atoms with Gasteiger partial charge in [-0.15, -0.1) is 0 Å². The first-order valence-corrected chi connectivity index (χ1v) is 10.9. The number of hydrogen-bond donors (Lipinski definition) is 3. The van der Waals surface area contributed by atoms with Crippen molar-refractivity contribution in [3.63, 3.8) is 0 Å². The van der Waals surface area contributed by atoms with Crippen LogP contribution in [0.3, 0.4) is 0 Å². The highest BCUT2D eigenvalue weighted by Crippen LogP contribution is 2.22. The third-order valence-electron chi connectivity index (χ3n) is 5.24. The van der Waals surface area contributed by atoms with Gasteiger partial charge in [-0.2, -0.15) is 5.26 Å². The molecule has 0 aromatic heterocycles. The molecule has 0 heterocycles. The van der Waals surface area contributed by atoms with Crippen molar-refractivity contribution in [1.29, 1.82) is 5.26 Å². The largest absolute Gasteiger partial charge is 0.360 e. The lowest BCUT2D eigenvalue weighted by Crippen LogP contribution is -2.30. The first-order chi connectivity index (χ1) is 16.7. The molecule has 0 fully saturated rings. The Hall–Kier alpha value is -4.82. The lowest BCUT2D eigenvalue weighted by atomic mass is 9.98. The van der Waals surface area contributed by atoms with E-state index < -0.39 is 5.91 Å². The van der Waals surface area contributed by atoms with E-state index in [1.807, 2.05) is 121 Å². The van der Waals surface area contributed by atoms with E-state index in [1.165, 1.54) is 6.20 Å². The van der Waals surface area contributed by atoms with Crippen LogP contribution in [0.4, 0.5) is 17.1 Å². The molecule has 0 spiro atoms. The van der Waals surface area contributed by atoms with Crippen molar-refractivity contribution in [2.45, 2.75) is 6.04 Å². The van der Waals surface area contributed by atoms with E-state index in [-0.39, 0.29) is 11.6 Å². The second kappa shape index (κ2) is 11.2. The Morgan fingerprint density at radius 3 is 1.68 bits per heavy atom. The molecule has 4 aromatic rings. The summed E-state index contributed by atoms with van der Waals surface area (Å²) in [6.45, 7) is 0. The molecular formula is C29H24N4O. The number of carbonyl (C=O) groups excluding carboxylic acids is 1. The van der Waals surface area contributed by atoms with Gasteiger partial charge in [0.05, 0.1) is 6.04 Å². The normalized spacial score (nSPS) is 10.9. The zero-order chi connectivity index (χ0) is 23.6. The van der Waals surface area contributed by atoms with Gasteiger partial charge in [0.25, 0.3) is 5.91 Å². The van der Waals surface area contributed by atoms with Gasteiger partial charge in [0, 0.05) is 23.3 Å². The Morgan fingerprint density at radius 1 is 0.676 bits per heavy atom.